The Bertz CT molecular complexity index is 376. The molecule has 0 bridgehead atoms. The van der Waals surface area contributed by atoms with Crippen molar-refractivity contribution in [2.45, 2.75) is 31.2 Å². The van der Waals surface area contributed by atoms with Crippen LogP contribution in [0.4, 0.5) is 4.79 Å². The molecule has 20 heavy (non-hydrogen) atoms. The first-order valence-corrected chi connectivity index (χ1v) is 7.26. The quantitative estimate of drug-likeness (QED) is 0.769. The van der Waals surface area contributed by atoms with E-state index in [1.165, 1.54) is 0 Å². The van der Waals surface area contributed by atoms with Crippen molar-refractivity contribution in [2.75, 3.05) is 47.4 Å². The van der Waals surface area contributed by atoms with Crippen molar-refractivity contribution in [1.29, 1.82) is 0 Å². The Morgan fingerprint density at radius 1 is 1.30 bits per heavy atom. The fourth-order valence-electron chi connectivity index (χ4n) is 3.34. The van der Waals surface area contributed by atoms with Gasteiger partial charge in [-0.3, -0.25) is 4.79 Å². The number of carbonyl (C=O) groups excluding carboxylic acids is 2. The predicted octanol–water partition coefficient (Wildman–Crippen LogP) is 0.771. The van der Waals surface area contributed by atoms with E-state index in [4.69, 9.17) is 4.74 Å². The van der Waals surface area contributed by atoms with Crippen LogP contribution in [0.3, 0.4) is 0 Å². The third-order valence-corrected chi connectivity index (χ3v) is 4.54. The fraction of sp³-hybridized carbons (Fsp3) is 0.857. The van der Waals surface area contributed by atoms with Crippen molar-refractivity contribution in [1.82, 2.24) is 14.7 Å². The van der Waals surface area contributed by atoms with E-state index in [1.807, 2.05) is 9.80 Å². The third-order valence-electron chi connectivity index (χ3n) is 4.54. The fourth-order valence-corrected chi connectivity index (χ4v) is 3.34. The minimum atomic E-state index is -0.0430. The topological polar surface area (TPSA) is 53.1 Å². The lowest BCUT2D eigenvalue weighted by Crippen LogP contribution is -2.56. The molecule has 6 nitrogen and oxygen atoms in total. The van der Waals surface area contributed by atoms with Crippen molar-refractivity contribution in [3.63, 3.8) is 0 Å². The molecule has 2 rings (SSSR count). The van der Waals surface area contributed by atoms with Crippen LogP contribution in [0, 0.1) is 0 Å². The van der Waals surface area contributed by atoms with Gasteiger partial charge in [0.05, 0.1) is 6.61 Å². The van der Waals surface area contributed by atoms with E-state index >= 15 is 0 Å². The minimum absolute atomic E-state index is 0.0430. The summed E-state index contributed by atoms with van der Waals surface area (Å²) >= 11 is 0. The Morgan fingerprint density at radius 2 is 1.95 bits per heavy atom. The molecule has 0 radical (unpaired) electrons. The van der Waals surface area contributed by atoms with Crippen LogP contribution in [-0.2, 0) is 9.53 Å². The van der Waals surface area contributed by atoms with E-state index in [1.54, 1.807) is 26.1 Å². The zero-order chi connectivity index (χ0) is 14.8. The standard InChI is InChI=1S/C14H25N3O3/c1-15(2)13(19)16-8-6-14(7-9-16)5-4-12(18)17(14)10-11-20-3/h4-11H2,1-3H3. The van der Waals surface area contributed by atoms with Crippen LogP contribution in [0.1, 0.15) is 25.7 Å². The van der Waals surface area contributed by atoms with Gasteiger partial charge in [-0.1, -0.05) is 0 Å². The molecule has 2 aliphatic heterocycles. The largest absolute Gasteiger partial charge is 0.383 e. The summed E-state index contributed by atoms with van der Waals surface area (Å²) in [5.41, 5.74) is -0.0430. The molecule has 2 fully saturated rings. The maximum atomic E-state index is 12.1. The Morgan fingerprint density at radius 3 is 2.50 bits per heavy atom. The van der Waals surface area contributed by atoms with Crippen LogP contribution in [0.5, 0.6) is 0 Å². The number of hydrogen-bond acceptors (Lipinski definition) is 3. The van der Waals surface area contributed by atoms with Gasteiger partial charge in [0.15, 0.2) is 0 Å². The number of urea groups is 1. The van der Waals surface area contributed by atoms with Gasteiger partial charge in [-0.15, -0.1) is 0 Å². The number of nitrogens with zero attached hydrogens (tertiary/aromatic N) is 3. The second-order valence-corrected chi connectivity index (χ2v) is 5.93. The van der Waals surface area contributed by atoms with Crippen molar-refractivity contribution in [2.24, 2.45) is 0 Å². The van der Waals surface area contributed by atoms with E-state index in [2.05, 4.69) is 0 Å². The molecule has 3 amide bonds. The van der Waals surface area contributed by atoms with Crippen LogP contribution in [0.25, 0.3) is 0 Å². The number of carbonyl (C=O) groups is 2. The summed E-state index contributed by atoms with van der Waals surface area (Å²) in [4.78, 5) is 29.5. The lowest BCUT2D eigenvalue weighted by molar-refractivity contribution is -0.133. The van der Waals surface area contributed by atoms with Gasteiger partial charge < -0.3 is 19.4 Å². The van der Waals surface area contributed by atoms with E-state index in [0.29, 0.717) is 19.6 Å². The van der Waals surface area contributed by atoms with Crippen molar-refractivity contribution in [3.05, 3.63) is 0 Å². The summed E-state index contributed by atoms with van der Waals surface area (Å²) < 4.78 is 5.11. The highest BCUT2D eigenvalue weighted by atomic mass is 16.5. The van der Waals surface area contributed by atoms with E-state index < -0.39 is 0 Å². The maximum Gasteiger partial charge on any atom is 0.319 e. The zero-order valence-electron chi connectivity index (χ0n) is 12.7. The van der Waals surface area contributed by atoms with Gasteiger partial charge in [0.2, 0.25) is 5.91 Å². The molecular formula is C14H25N3O3. The summed E-state index contributed by atoms with van der Waals surface area (Å²) in [7, 11) is 5.21. The van der Waals surface area contributed by atoms with Gasteiger partial charge in [-0.05, 0) is 19.3 Å². The highest BCUT2D eigenvalue weighted by Gasteiger charge is 2.47. The summed E-state index contributed by atoms with van der Waals surface area (Å²) in [5.74, 6) is 0.231. The molecule has 0 aromatic heterocycles. The van der Waals surface area contributed by atoms with Crippen LogP contribution < -0.4 is 0 Å². The summed E-state index contributed by atoms with van der Waals surface area (Å²) in [5, 5.41) is 0. The second-order valence-electron chi connectivity index (χ2n) is 5.93. The van der Waals surface area contributed by atoms with Crippen LogP contribution in [0.2, 0.25) is 0 Å². The van der Waals surface area contributed by atoms with Gasteiger partial charge in [-0.25, -0.2) is 4.79 Å². The molecule has 0 saturated carbocycles. The van der Waals surface area contributed by atoms with E-state index in [0.717, 1.165) is 32.4 Å². The maximum absolute atomic E-state index is 12.1. The third kappa shape index (κ3) is 2.75. The summed E-state index contributed by atoms with van der Waals surface area (Å²) in [6.45, 7) is 2.70. The molecule has 0 atom stereocenters. The highest BCUT2D eigenvalue weighted by Crippen LogP contribution is 2.38. The Balaban J connectivity index is 1.99. The van der Waals surface area contributed by atoms with Gasteiger partial charge in [-0.2, -0.15) is 0 Å². The van der Waals surface area contributed by atoms with Crippen LogP contribution in [0.15, 0.2) is 0 Å². The normalized spacial score (nSPS) is 21.6. The number of rotatable bonds is 3. The van der Waals surface area contributed by atoms with Crippen molar-refractivity contribution in [3.8, 4) is 0 Å². The van der Waals surface area contributed by atoms with Crippen molar-refractivity contribution < 1.29 is 14.3 Å². The minimum Gasteiger partial charge on any atom is -0.383 e. The molecule has 114 valence electrons. The van der Waals surface area contributed by atoms with Crippen LogP contribution in [-0.4, -0.2) is 79.6 Å². The molecule has 2 aliphatic rings. The second kappa shape index (κ2) is 5.99. The van der Waals surface area contributed by atoms with Gasteiger partial charge in [0, 0.05) is 52.8 Å². The molecule has 0 N–H and O–H groups in total. The molecule has 0 aromatic rings. The zero-order valence-corrected chi connectivity index (χ0v) is 12.7. The Kier molecular flexibility index (Phi) is 4.52. The summed E-state index contributed by atoms with van der Waals surface area (Å²) in [6.07, 6.45) is 3.30. The number of amides is 3. The van der Waals surface area contributed by atoms with Gasteiger partial charge in [0.25, 0.3) is 0 Å². The molecular weight excluding hydrogens is 258 g/mol. The van der Waals surface area contributed by atoms with E-state index in [-0.39, 0.29) is 17.5 Å². The predicted molar refractivity (Wildman–Crippen MR) is 75.4 cm³/mol. The number of piperidine rings is 1. The lowest BCUT2D eigenvalue weighted by atomic mass is 9.85. The van der Waals surface area contributed by atoms with Gasteiger partial charge >= 0.3 is 6.03 Å². The lowest BCUT2D eigenvalue weighted by Gasteiger charge is -2.45. The van der Waals surface area contributed by atoms with Crippen molar-refractivity contribution >= 4 is 11.9 Å². The highest BCUT2D eigenvalue weighted by molar-refractivity contribution is 5.80. The SMILES string of the molecule is COCCN1C(=O)CCC12CCN(C(=O)N(C)C)CC2. The molecule has 6 heteroatoms. The Labute approximate surface area is 120 Å². The smallest absolute Gasteiger partial charge is 0.319 e. The van der Waals surface area contributed by atoms with Gasteiger partial charge in [0.1, 0.15) is 0 Å². The first-order chi connectivity index (χ1) is 9.50. The Hall–Kier alpha value is -1.30. The number of methoxy groups -OCH3 is 1. The average molecular weight is 283 g/mol. The first-order valence-electron chi connectivity index (χ1n) is 7.26. The molecule has 2 saturated heterocycles. The molecule has 2 heterocycles. The van der Waals surface area contributed by atoms with Crippen LogP contribution >= 0.6 is 0 Å². The molecule has 0 aromatic carbocycles. The van der Waals surface area contributed by atoms with E-state index in [9.17, 15) is 9.59 Å². The molecule has 1 spiro atoms. The molecule has 0 aliphatic carbocycles. The average Bonchev–Trinajstić information content (AvgIpc) is 2.73. The summed E-state index contributed by atoms with van der Waals surface area (Å²) in [6, 6.07) is 0.0626. The number of ether oxygens (including phenoxy) is 1. The monoisotopic (exact) mass is 283 g/mol. The molecule has 0 unspecified atom stereocenters. The first kappa shape index (κ1) is 15.1. The number of hydrogen-bond donors (Lipinski definition) is 0. The number of likely N-dealkylation sites (tertiary alicyclic amines) is 2.